The van der Waals surface area contributed by atoms with Crippen LogP contribution in [0.1, 0.15) is 24.4 Å². The van der Waals surface area contributed by atoms with Gasteiger partial charge < -0.3 is 19.4 Å². The number of fused-ring (bicyclic) bond motifs is 1. The number of nitrogens with one attached hydrogen (secondary N) is 1. The van der Waals surface area contributed by atoms with E-state index in [4.69, 9.17) is 37.7 Å². The number of carbonyl (C=O) groups excluding carboxylic acids is 1. The second-order valence-electron chi connectivity index (χ2n) is 7.55. The van der Waals surface area contributed by atoms with E-state index in [2.05, 4.69) is 5.32 Å². The highest BCUT2D eigenvalue weighted by Gasteiger charge is 2.22. The summed E-state index contributed by atoms with van der Waals surface area (Å²) in [4.78, 5) is 18.0. The van der Waals surface area contributed by atoms with Crippen molar-refractivity contribution < 1.29 is 14.3 Å². The minimum atomic E-state index is -0.525. The van der Waals surface area contributed by atoms with Gasteiger partial charge in [-0.05, 0) is 48.9 Å². The Bertz CT molecular complexity index is 1320. The highest BCUT2D eigenvalue weighted by atomic mass is 35.5. The van der Waals surface area contributed by atoms with Crippen LogP contribution in [0.2, 0.25) is 10.0 Å². The number of nitrogens with zero attached hydrogens (tertiary/aromatic N) is 2. The molecular formula is C25H23Cl2N3O3. The summed E-state index contributed by atoms with van der Waals surface area (Å²) in [5.41, 5.74) is 3.26. The van der Waals surface area contributed by atoms with Crippen LogP contribution >= 0.6 is 23.2 Å². The van der Waals surface area contributed by atoms with E-state index in [1.54, 1.807) is 38.5 Å². The number of hydrogen-bond acceptors (Lipinski definition) is 4. The number of rotatable bonds is 7. The molecular weight excluding hydrogens is 461 g/mol. The first kappa shape index (κ1) is 23.0. The topological polar surface area (TPSA) is 65.4 Å². The molecule has 1 atom stereocenters. The normalized spacial score (nSPS) is 11.9. The number of benzene rings is 3. The number of amides is 1. The standard InChI is InChI=1S/C25H23Cl2N3O3/c1-15(25(31)28-17-9-11-22(32-2)23(14-17)33-3)30-21-7-5-4-6-20(21)29-24(30)13-16-8-10-18(26)19(27)12-16/h4-12,14-15H,13H2,1-3H3,(H,28,31)/t15-/m1/s1. The molecule has 1 N–H and O–H groups in total. The lowest BCUT2D eigenvalue weighted by Crippen LogP contribution is -2.25. The van der Waals surface area contributed by atoms with Gasteiger partial charge in [0.05, 0.1) is 35.3 Å². The molecule has 8 heteroatoms. The molecule has 0 aliphatic heterocycles. The van der Waals surface area contributed by atoms with Gasteiger partial charge in [-0.15, -0.1) is 0 Å². The summed E-state index contributed by atoms with van der Waals surface area (Å²) in [5.74, 6) is 1.70. The van der Waals surface area contributed by atoms with E-state index in [1.165, 1.54) is 0 Å². The molecule has 0 saturated heterocycles. The van der Waals surface area contributed by atoms with Crippen molar-refractivity contribution in [1.29, 1.82) is 0 Å². The fourth-order valence-corrected chi connectivity index (χ4v) is 4.08. The minimum absolute atomic E-state index is 0.180. The molecule has 0 aliphatic rings. The fraction of sp³-hybridized carbons (Fsp3) is 0.200. The molecule has 1 heterocycles. The van der Waals surface area contributed by atoms with Gasteiger partial charge in [0, 0.05) is 18.2 Å². The molecule has 1 amide bonds. The molecule has 4 rings (SSSR count). The zero-order valence-corrected chi connectivity index (χ0v) is 19.9. The van der Waals surface area contributed by atoms with E-state index in [9.17, 15) is 4.79 Å². The summed E-state index contributed by atoms with van der Waals surface area (Å²) in [5, 5.41) is 3.95. The van der Waals surface area contributed by atoms with Gasteiger partial charge in [0.15, 0.2) is 11.5 Å². The highest BCUT2D eigenvalue weighted by molar-refractivity contribution is 6.42. The van der Waals surface area contributed by atoms with Crippen molar-refractivity contribution in [2.75, 3.05) is 19.5 Å². The zero-order valence-electron chi connectivity index (χ0n) is 18.4. The van der Waals surface area contributed by atoms with Crippen molar-refractivity contribution in [3.05, 3.63) is 82.1 Å². The molecule has 0 saturated carbocycles. The minimum Gasteiger partial charge on any atom is -0.493 e. The average molecular weight is 484 g/mol. The van der Waals surface area contributed by atoms with E-state index >= 15 is 0 Å². The summed E-state index contributed by atoms with van der Waals surface area (Å²) < 4.78 is 12.6. The molecule has 1 aromatic heterocycles. The Morgan fingerprint density at radius 2 is 1.76 bits per heavy atom. The number of imidazole rings is 1. The number of ether oxygens (including phenoxy) is 2. The number of hydrogen-bond donors (Lipinski definition) is 1. The van der Waals surface area contributed by atoms with E-state index in [0.29, 0.717) is 33.7 Å². The number of para-hydroxylation sites is 2. The molecule has 0 bridgehead atoms. The second-order valence-corrected chi connectivity index (χ2v) is 8.36. The molecule has 0 fully saturated rings. The van der Waals surface area contributed by atoms with Crippen molar-refractivity contribution in [3.8, 4) is 11.5 Å². The maximum absolute atomic E-state index is 13.2. The van der Waals surface area contributed by atoms with Gasteiger partial charge in [-0.1, -0.05) is 41.4 Å². The summed E-state index contributed by atoms with van der Waals surface area (Å²) >= 11 is 12.3. The van der Waals surface area contributed by atoms with Crippen LogP contribution in [0.3, 0.4) is 0 Å². The maximum atomic E-state index is 13.2. The fourth-order valence-electron chi connectivity index (χ4n) is 3.76. The molecule has 170 valence electrons. The summed E-state index contributed by atoms with van der Waals surface area (Å²) in [6, 6.07) is 18.0. The first-order chi connectivity index (χ1) is 15.9. The van der Waals surface area contributed by atoms with Crippen LogP contribution in [0, 0.1) is 0 Å². The van der Waals surface area contributed by atoms with Crippen LogP contribution in [0.15, 0.2) is 60.7 Å². The Kier molecular flexibility index (Phi) is 6.77. The average Bonchev–Trinajstić information content (AvgIpc) is 3.18. The molecule has 0 aliphatic carbocycles. The van der Waals surface area contributed by atoms with Gasteiger partial charge in [-0.25, -0.2) is 4.98 Å². The lowest BCUT2D eigenvalue weighted by atomic mass is 10.1. The predicted octanol–water partition coefficient (Wildman–Crippen LogP) is 6.15. The van der Waals surface area contributed by atoms with Crippen LogP contribution in [-0.2, 0) is 11.2 Å². The van der Waals surface area contributed by atoms with Crippen molar-refractivity contribution >= 4 is 45.8 Å². The molecule has 4 aromatic rings. The van der Waals surface area contributed by atoms with Gasteiger partial charge in [0.2, 0.25) is 5.91 Å². The van der Waals surface area contributed by atoms with E-state index in [1.807, 2.05) is 47.9 Å². The largest absolute Gasteiger partial charge is 0.493 e. The smallest absolute Gasteiger partial charge is 0.247 e. The monoisotopic (exact) mass is 483 g/mol. The second kappa shape index (κ2) is 9.73. The summed E-state index contributed by atoms with van der Waals surface area (Å²) in [6.07, 6.45) is 0.500. The van der Waals surface area contributed by atoms with E-state index < -0.39 is 6.04 Å². The maximum Gasteiger partial charge on any atom is 0.247 e. The number of halogens is 2. The molecule has 3 aromatic carbocycles. The van der Waals surface area contributed by atoms with Crippen molar-refractivity contribution in [2.45, 2.75) is 19.4 Å². The third kappa shape index (κ3) is 4.77. The Balaban J connectivity index is 1.67. The third-order valence-corrected chi connectivity index (χ3v) is 6.17. The lowest BCUT2D eigenvalue weighted by Gasteiger charge is -2.18. The Labute approximate surface area is 202 Å². The van der Waals surface area contributed by atoms with Gasteiger partial charge in [-0.3, -0.25) is 4.79 Å². The SMILES string of the molecule is COc1ccc(NC(=O)[C@@H](C)n2c(Cc3ccc(Cl)c(Cl)c3)nc3ccccc32)cc1OC. The molecule has 0 radical (unpaired) electrons. The number of aromatic nitrogens is 2. The summed E-state index contributed by atoms with van der Waals surface area (Å²) in [7, 11) is 3.12. The van der Waals surface area contributed by atoms with Gasteiger partial charge in [0.1, 0.15) is 11.9 Å². The van der Waals surface area contributed by atoms with E-state index in [-0.39, 0.29) is 5.91 Å². The molecule has 6 nitrogen and oxygen atoms in total. The Hall–Kier alpha value is -3.22. The highest BCUT2D eigenvalue weighted by Crippen LogP contribution is 2.31. The van der Waals surface area contributed by atoms with Crippen LogP contribution in [-0.4, -0.2) is 29.7 Å². The van der Waals surface area contributed by atoms with Crippen LogP contribution in [0.25, 0.3) is 11.0 Å². The zero-order chi connectivity index (χ0) is 23.5. The Morgan fingerprint density at radius 3 is 2.48 bits per heavy atom. The van der Waals surface area contributed by atoms with Crippen molar-refractivity contribution in [3.63, 3.8) is 0 Å². The third-order valence-electron chi connectivity index (χ3n) is 5.43. The van der Waals surface area contributed by atoms with Crippen LogP contribution < -0.4 is 14.8 Å². The predicted molar refractivity (Wildman–Crippen MR) is 132 cm³/mol. The first-order valence-electron chi connectivity index (χ1n) is 10.3. The first-order valence-corrected chi connectivity index (χ1v) is 11.1. The van der Waals surface area contributed by atoms with Crippen LogP contribution in [0.4, 0.5) is 5.69 Å². The number of methoxy groups -OCH3 is 2. The van der Waals surface area contributed by atoms with Gasteiger partial charge in [0.25, 0.3) is 0 Å². The van der Waals surface area contributed by atoms with Crippen molar-refractivity contribution in [1.82, 2.24) is 9.55 Å². The summed E-state index contributed by atoms with van der Waals surface area (Å²) in [6.45, 7) is 1.85. The quantitative estimate of drug-likeness (QED) is 0.342. The molecule has 0 spiro atoms. The van der Waals surface area contributed by atoms with Gasteiger partial charge >= 0.3 is 0 Å². The lowest BCUT2D eigenvalue weighted by molar-refractivity contribution is -0.118. The molecule has 0 unspecified atom stereocenters. The number of anilines is 1. The van der Waals surface area contributed by atoms with Gasteiger partial charge in [-0.2, -0.15) is 0 Å². The van der Waals surface area contributed by atoms with E-state index in [0.717, 1.165) is 22.4 Å². The van der Waals surface area contributed by atoms with Crippen molar-refractivity contribution in [2.24, 2.45) is 0 Å². The van der Waals surface area contributed by atoms with Crippen LogP contribution in [0.5, 0.6) is 11.5 Å². The molecule has 33 heavy (non-hydrogen) atoms. The Morgan fingerprint density at radius 1 is 1.00 bits per heavy atom. The number of carbonyl (C=O) groups is 1.